The fraction of sp³-hybridized carbons (Fsp3) is 0.900. The van der Waals surface area contributed by atoms with Crippen molar-refractivity contribution in [1.29, 1.82) is 0 Å². The molecule has 4 heteroatoms. The van der Waals surface area contributed by atoms with E-state index in [9.17, 15) is 0 Å². The standard InChI is InChI=1S/C10H18N2OS/c1-10(4-6-13-7-5-10)12-9(14)11-8-2-3-8/h8H,2-7H2,1H3,(H2,11,12,14). The third-order valence-electron chi connectivity index (χ3n) is 2.92. The second-order valence-corrected chi connectivity index (χ2v) is 4.95. The Kier molecular flexibility index (Phi) is 2.93. The summed E-state index contributed by atoms with van der Waals surface area (Å²) in [7, 11) is 0. The Labute approximate surface area is 90.6 Å². The van der Waals surface area contributed by atoms with Crippen molar-refractivity contribution in [2.45, 2.75) is 44.2 Å². The molecule has 1 aliphatic carbocycles. The van der Waals surface area contributed by atoms with Crippen molar-refractivity contribution in [3.63, 3.8) is 0 Å². The first-order valence-electron chi connectivity index (χ1n) is 5.34. The van der Waals surface area contributed by atoms with Crippen LogP contribution in [0.3, 0.4) is 0 Å². The quantitative estimate of drug-likeness (QED) is 0.676. The smallest absolute Gasteiger partial charge is 0.166 e. The molecule has 1 heterocycles. The highest BCUT2D eigenvalue weighted by Crippen LogP contribution is 2.21. The lowest BCUT2D eigenvalue weighted by molar-refractivity contribution is 0.0524. The van der Waals surface area contributed by atoms with Crippen LogP contribution in [0.2, 0.25) is 0 Å². The molecule has 0 amide bonds. The average Bonchev–Trinajstić information content (AvgIpc) is 2.88. The summed E-state index contributed by atoms with van der Waals surface area (Å²) >= 11 is 5.26. The van der Waals surface area contributed by atoms with E-state index in [4.69, 9.17) is 17.0 Å². The second-order valence-electron chi connectivity index (χ2n) is 4.55. The van der Waals surface area contributed by atoms with Crippen molar-refractivity contribution in [3.8, 4) is 0 Å². The predicted molar refractivity (Wildman–Crippen MR) is 60.3 cm³/mol. The minimum absolute atomic E-state index is 0.136. The molecule has 3 nitrogen and oxygen atoms in total. The van der Waals surface area contributed by atoms with E-state index in [1.54, 1.807) is 0 Å². The summed E-state index contributed by atoms with van der Waals surface area (Å²) in [6.07, 6.45) is 4.61. The number of ether oxygens (including phenoxy) is 1. The fourth-order valence-electron chi connectivity index (χ4n) is 1.67. The van der Waals surface area contributed by atoms with Crippen LogP contribution in [0.5, 0.6) is 0 Å². The van der Waals surface area contributed by atoms with Crippen LogP contribution in [0.25, 0.3) is 0 Å². The average molecular weight is 214 g/mol. The monoisotopic (exact) mass is 214 g/mol. The van der Waals surface area contributed by atoms with Crippen LogP contribution in [0, 0.1) is 0 Å². The molecule has 0 aromatic carbocycles. The fourth-order valence-corrected chi connectivity index (χ4v) is 2.08. The Morgan fingerprint density at radius 2 is 2.00 bits per heavy atom. The molecule has 0 radical (unpaired) electrons. The highest BCUT2D eigenvalue weighted by atomic mass is 32.1. The number of hydrogen-bond acceptors (Lipinski definition) is 2. The van der Waals surface area contributed by atoms with E-state index in [1.165, 1.54) is 12.8 Å². The third kappa shape index (κ3) is 2.82. The van der Waals surface area contributed by atoms with Gasteiger partial charge in [0.1, 0.15) is 0 Å². The molecular formula is C10H18N2OS. The zero-order chi connectivity index (χ0) is 10.0. The molecule has 2 rings (SSSR count). The Morgan fingerprint density at radius 3 is 2.57 bits per heavy atom. The van der Waals surface area contributed by atoms with Gasteiger partial charge in [0.15, 0.2) is 5.11 Å². The summed E-state index contributed by atoms with van der Waals surface area (Å²) in [6, 6.07) is 0.637. The van der Waals surface area contributed by atoms with Crippen LogP contribution in [0.4, 0.5) is 0 Å². The topological polar surface area (TPSA) is 33.3 Å². The lowest BCUT2D eigenvalue weighted by atomic mass is 9.93. The van der Waals surface area contributed by atoms with Gasteiger partial charge >= 0.3 is 0 Å². The Hall–Kier alpha value is -0.350. The summed E-state index contributed by atoms with van der Waals surface area (Å²) in [5.41, 5.74) is 0.136. The van der Waals surface area contributed by atoms with Crippen LogP contribution >= 0.6 is 12.2 Å². The van der Waals surface area contributed by atoms with Crippen LogP contribution in [0.1, 0.15) is 32.6 Å². The van der Waals surface area contributed by atoms with Gasteiger partial charge in [0.25, 0.3) is 0 Å². The first-order valence-corrected chi connectivity index (χ1v) is 5.75. The maximum atomic E-state index is 5.34. The second kappa shape index (κ2) is 4.03. The minimum atomic E-state index is 0.136. The van der Waals surface area contributed by atoms with E-state index >= 15 is 0 Å². The summed E-state index contributed by atoms with van der Waals surface area (Å²) in [4.78, 5) is 0. The molecule has 14 heavy (non-hydrogen) atoms. The van der Waals surface area contributed by atoms with Crippen LogP contribution in [-0.4, -0.2) is 29.9 Å². The van der Waals surface area contributed by atoms with Gasteiger partial charge in [-0.3, -0.25) is 0 Å². The van der Waals surface area contributed by atoms with Gasteiger partial charge in [0, 0.05) is 24.8 Å². The number of hydrogen-bond donors (Lipinski definition) is 2. The van der Waals surface area contributed by atoms with Gasteiger partial charge in [-0.05, 0) is 44.8 Å². The molecule has 1 saturated heterocycles. The minimum Gasteiger partial charge on any atom is -0.381 e. The van der Waals surface area contributed by atoms with E-state index in [0.29, 0.717) is 6.04 Å². The number of thiocarbonyl (C=S) groups is 1. The van der Waals surface area contributed by atoms with E-state index in [-0.39, 0.29) is 5.54 Å². The van der Waals surface area contributed by atoms with Crippen LogP contribution in [0.15, 0.2) is 0 Å². The molecular weight excluding hydrogens is 196 g/mol. The van der Waals surface area contributed by atoms with Gasteiger partial charge < -0.3 is 15.4 Å². The Balaban J connectivity index is 1.78. The molecule has 2 fully saturated rings. The molecule has 1 aliphatic heterocycles. The van der Waals surface area contributed by atoms with Crippen molar-refractivity contribution in [2.24, 2.45) is 0 Å². The summed E-state index contributed by atoms with van der Waals surface area (Å²) in [5, 5.41) is 7.53. The van der Waals surface area contributed by atoms with E-state index in [2.05, 4.69) is 17.6 Å². The van der Waals surface area contributed by atoms with E-state index in [1.807, 2.05) is 0 Å². The van der Waals surface area contributed by atoms with E-state index in [0.717, 1.165) is 31.2 Å². The number of nitrogens with one attached hydrogen (secondary N) is 2. The zero-order valence-electron chi connectivity index (χ0n) is 8.64. The predicted octanol–water partition coefficient (Wildman–Crippen LogP) is 1.18. The lowest BCUT2D eigenvalue weighted by Crippen LogP contribution is -2.53. The maximum absolute atomic E-state index is 5.34. The van der Waals surface area contributed by atoms with Crippen molar-refractivity contribution >= 4 is 17.3 Å². The molecule has 0 aromatic heterocycles. The van der Waals surface area contributed by atoms with Crippen molar-refractivity contribution in [2.75, 3.05) is 13.2 Å². The normalized spacial score (nSPS) is 25.5. The maximum Gasteiger partial charge on any atom is 0.166 e. The number of rotatable bonds is 2. The Bertz CT molecular complexity index is 222. The molecule has 1 saturated carbocycles. The van der Waals surface area contributed by atoms with Gasteiger partial charge in [-0.25, -0.2) is 0 Å². The van der Waals surface area contributed by atoms with Crippen LogP contribution < -0.4 is 10.6 Å². The van der Waals surface area contributed by atoms with Gasteiger partial charge in [-0.15, -0.1) is 0 Å². The first kappa shape index (κ1) is 10.2. The van der Waals surface area contributed by atoms with Gasteiger partial charge in [-0.1, -0.05) is 0 Å². The van der Waals surface area contributed by atoms with Crippen molar-refractivity contribution < 1.29 is 4.74 Å². The summed E-state index contributed by atoms with van der Waals surface area (Å²) in [6.45, 7) is 3.90. The summed E-state index contributed by atoms with van der Waals surface area (Å²) < 4.78 is 5.34. The lowest BCUT2D eigenvalue weighted by Gasteiger charge is -2.35. The van der Waals surface area contributed by atoms with Gasteiger partial charge in [-0.2, -0.15) is 0 Å². The third-order valence-corrected chi connectivity index (χ3v) is 3.14. The first-order chi connectivity index (χ1) is 6.68. The SMILES string of the molecule is CC1(NC(=S)NC2CC2)CCOCC1. The molecule has 2 aliphatic rings. The molecule has 0 spiro atoms. The highest BCUT2D eigenvalue weighted by Gasteiger charge is 2.29. The Morgan fingerprint density at radius 1 is 1.36 bits per heavy atom. The largest absolute Gasteiger partial charge is 0.381 e. The molecule has 0 aromatic rings. The van der Waals surface area contributed by atoms with E-state index < -0.39 is 0 Å². The van der Waals surface area contributed by atoms with Gasteiger partial charge in [0.2, 0.25) is 0 Å². The summed E-state index contributed by atoms with van der Waals surface area (Å²) in [5.74, 6) is 0. The molecule has 80 valence electrons. The zero-order valence-corrected chi connectivity index (χ0v) is 9.45. The molecule has 0 unspecified atom stereocenters. The highest BCUT2D eigenvalue weighted by molar-refractivity contribution is 7.80. The molecule has 0 atom stereocenters. The van der Waals surface area contributed by atoms with Crippen LogP contribution in [-0.2, 0) is 4.74 Å². The molecule has 2 N–H and O–H groups in total. The van der Waals surface area contributed by atoms with Crippen molar-refractivity contribution in [1.82, 2.24) is 10.6 Å². The molecule has 0 bridgehead atoms. The van der Waals surface area contributed by atoms with Gasteiger partial charge in [0.05, 0.1) is 0 Å². The van der Waals surface area contributed by atoms with Crippen molar-refractivity contribution in [3.05, 3.63) is 0 Å².